The molecular weight excluding hydrogens is 258 g/mol. The van der Waals surface area contributed by atoms with E-state index in [0.717, 1.165) is 19.3 Å². The van der Waals surface area contributed by atoms with Crippen LogP contribution in [-0.4, -0.2) is 17.2 Å². The zero-order chi connectivity index (χ0) is 15.1. The predicted octanol–water partition coefficient (Wildman–Crippen LogP) is 4.41. The molecule has 0 atom stereocenters. The monoisotopic (exact) mass is 287 g/mol. The van der Waals surface area contributed by atoms with Crippen LogP contribution in [0.15, 0.2) is 0 Å². The van der Waals surface area contributed by atoms with E-state index in [1.165, 1.54) is 51.4 Å². The minimum Gasteiger partial charge on any atom is -0.463 e. The van der Waals surface area contributed by atoms with Crippen molar-refractivity contribution in [1.29, 1.82) is 0 Å². The Labute approximate surface area is 122 Å². The fourth-order valence-electron chi connectivity index (χ4n) is 2.09. The SMILES string of the molecule is CCCCCCCCCCCCCC(=O)ONC(=O)O. The molecule has 0 aromatic carbocycles. The number of nitrogens with one attached hydrogen (secondary N) is 1. The lowest BCUT2D eigenvalue weighted by Gasteiger charge is -2.03. The lowest BCUT2D eigenvalue weighted by Crippen LogP contribution is -2.24. The van der Waals surface area contributed by atoms with Crippen LogP contribution in [0, 0.1) is 0 Å². The largest absolute Gasteiger partial charge is 0.463 e. The molecule has 0 fully saturated rings. The standard InChI is InChI=1S/C15H29NO4/c1-2-3-4-5-6-7-8-9-10-11-12-13-14(17)20-16-15(18)19/h16H,2-13H2,1H3,(H,18,19). The Morgan fingerprint density at radius 1 is 0.850 bits per heavy atom. The summed E-state index contributed by atoms with van der Waals surface area (Å²) in [6.07, 6.45) is 12.3. The Morgan fingerprint density at radius 2 is 1.30 bits per heavy atom. The minimum atomic E-state index is -1.35. The van der Waals surface area contributed by atoms with Crippen molar-refractivity contribution in [2.45, 2.75) is 84.0 Å². The van der Waals surface area contributed by atoms with Gasteiger partial charge in [-0.2, -0.15) is 0 Å². The maximum Gasteiger partial charge on any atom is 0.438 e. The first-order chi connectivity index (χ1) is 9.66. The van der Waals surface area contributed by atoms with Crippen LogP contribution in [0.4, 0.5) is 4.79 Å². The van der Waals surface area contributed by atoms with E-state index in [1.54, 1.807) is 5.48 Å². The van der Waals surface area contributed by atoms with E-state index in [2.05, 4.69) is 11.8 Å². The van der Waals surface area contributed by atoms with Crippen LogP contribution in [0.3, 0.4) is 0 Å². The third-order valence-electron chi connectivity index (χ3n) is 3.24. The molecule has 1 amide bonds. The second kappa shape index (κ2) is 14.2. The third kappa shape index (κ3) is 14.8. The molecule has 20 heavy (non-hydrogen) atoms. The number of rotatable bonds is 12. The summed E-state index contributed by atoms with van der Waals surface area (Å²) < 4.78 is 0. The second-order valence-corrected chi connectivity index (χ2v) is 5.17. The van der Waals surface area contributed by atoms with Crippen molar-refractivity contribution in [2.75, 3.05) is 0 Å². The zero-order valence-corrected chi connectivity index (χ0v) is 12.7. The molecule has 0 radical (unpaired) electrons. The highest BCUT2D eigenvalue weighted by atomic mass is 16.7. The fraction of sp³-hybridized carbons (Fsp3) is 0.867. The van der Waals surface area contributed by atoms with Gasteiger partial charge in [0.05, 0.1) is 0 Å². The minimum absolute atomic E-state index is 0.275. The van der Waals surface area contributed by atoms with Crippen LogP contribution < -0.4 is 5.48 Å². The van der Waals surface area contributed by atoms with Gasteiger partial charge in [-0.1, -0.05) is 71.1 Å². The highest BCUT2D eigenvalue weighted by Crippen LogP contribution is 2.11. The van der Waals surface area contributed by atoms with Crippen LogP contribution in [-0.2, 0) is 9.63 Å². The topological polar surface area (TPSA) is 75.6 Å². The number of carboxylic acid groups (broad SMARTS) is 1. The van der Waals surface area contributed by atoms with Gasteiger partial charge in [0.25, 0.3) is 0 Å². The van der Waals surface area contributed by atoms with Gasteiger partial charge in [-0.3, -0.25) is 0 Å². The lowest BCUT2D eigenvalue weighted by atomic mass is 10.1. The third-order valence-corrected chi connectivity index (χ3v) is 3.24. The molecule has 0 aromatic heterocycles. The van der Waals surface area contributed by atoms with E-state index in [4.69, 9.17) is 5.11 Å². The van der Waals surface area contributed by atoms with Crippen LogP contribution in [0.5, 0.6) is 0 Å². The molecule has 0 aliphatic carbocycles. The molecule has 0 rings (SSSR count). The zero-order valence-electron chi connectivity index (χ0n) is 12.7. The fourth-order valence-corrected chi connectivity index (χ4v) is 2.09. The Kier molecular flexibility index (Phi) is 13.3. The van der Waals surface area contributed by atoms with Gasteiger partial charge in [-0.05, 0) is 6.42 Å². The Bertz CT molecular complexity index is 256. The van der Waals surface area contributed by atoms with Crippen LogP contribution in [0.1, 0.15) is 84.0 Å². The summed E-state index contributed by atoms with van der Waals surface area (Å²) in [5.41, 5.74) is 1.60. The molecule has 0 saturated carbocycles. The molecule has 5 nitrogen and oxygen atoms in total. The summed E-state index contributed by atoms with van der Waals surface area (Å²) >= 11 is 0. The maximum absolute atomic E-state index is 11.1. The predicted molar refractivity (Wildman–Crippen MR) is 78.3 cm³/mol. The van der Waals surface area contributed by atoms with Crippen molar-refractivity contribution >= 4 is 12.1 Å². The van der Waals surface area contributed by atoms with E-state index in [-0.39, 0.29) is 6.42 Å². The number of amides is 1. The Hall–Kier alpha value is -1.26. The molecule has 5 heteroatoms. The summed E-state index contributed by atoms with van der Waals surface area (Å²) in [6.45, 7) is 2.23. The van der Waals surface area contributed by atoms with Crippen molar-refractivity contribution in [2.24, 2.45) is 0 Å². The van der Waals surface area contributed by atoms with E-state index in [9.17, 15) is 9.59 Å². The number of carbonyl (C=O) groups excluding carboxylic acids is 1. The molecule has 118 valence electrons. The van der Waals surface area contributed by atoms with Crippen molar-refractivity contribution in [3.63, 3.8) is 0 Å². The van der Waals surface area contributed by atoms with Crippen LogP contribution >= 0.6 is 0 Å². The Morgan fingerprint density at radius 3 is 1.75 bits per heavy atom. The second-order valence-electron chi connectivity index (χ2n) is 5.17. The van der Waals surface area contributed by atoms with Gasteiger partial charge in [0.15, 0.2) is 0 Å². The first kappa shape index (κ1) is 18.7. The normalized spacial score (nSPS) is 10.2. The van der Waals surface area contributed by atoms with E-state index >= 15 is 0 Å². The van der Waals surface area contributed by atoms with E-state index < -0.39 is 12.1 Å². The van der Waals surface area contributed by atoms with Crippen LogP contribution in [0.25, 0.3) is 0 Å². The molecule has 0 aromatic rings. The van der Waals surface area contributed by atoms with Crippen molar-refractivity contribution < 1.29 is 19.5 Å². The average molecular weight is 287 g/mol. The number of hydrogen-bond donors (Lipinski definition) is 2. The highest BCUT2D eigenvalue weighted by molar-refractivity contribution is 5.72. The summed E-state index contributed by atoms with van der Waals surface area (Å²) in [7, 11) is 0. The van der Waals surface area contributed by atoms with Gasteiger partial charge in [0.2, 0.25) is 0 Å². The Balaban J connectivity index is 3.12. The number of unbranched alkanes of at least 4 members (excludes halogenated alkanes) is 10. The summed E-state index contributed by atoms with van der Waals surface area (Å²) in [6, 6.07) is 0. The quantitative estimate of drug-likeness (QED) is 0.411. The molecule has 0 saturated heterocycles. The van der Waals surface area contributed by atoms with E-state index in [1.807, 2.05) is 0 Å². The van der Waals surface area contributed by atoms with Crippen molar-refractivity contribution in [3.05, 3.63) is 0 Å². The van der Waals surface area contributed by atoms with Crippen molar-refractivity contribution in [3.8, 4) is 0 Å². The number of hydroxylamine groups is 1. The number of hydrogen-bond acceptors (Lipinski definition) is 3. The van der Waals surface area contributed by atoms with Gasteiger partial charge in [-0.15, -0.1) is 5.48 Å². The molecule has 0 heterocycles. The molecule has 0 unspecified atom stereocenters. The summed E-state index contributed by atoms with van der Waals surface area (Å²) in [4.78, 5) is 25.4. The number of carbonyl (C=O) groups is 2. The van der Waals surface area contributed by atoms with Gasteiger partial charge < -0.3 is 9.94 Å². The van der Waals surface area contributed by atoms with Crippen LogP contribution in [0.2, 0.25) is 0 Å². The first-order valence-electron chi connectivity index (χ1n) is 7.85. The van der Waals surface area contributed by atoms with Gasteiger partial charge in [0, 0.05) is 6.42 Å². The molecule has 0 bridgehead atoms. The smallest absolute Gasteiger partial charge is 0.438 e. The average Bonchev–Trinajstić information content (AvgIpc) is 2.42. The highest BCUT2D eigenvalue weighted by Gasteiger charge is 2.04. The van der Waals surface area contributed by atoms with Gasteiger partial charge in [-0.25, -0.2) is 9.59 Å². The van der Waals surface area contributed by atoms with E-state index in [0.29, 0.717) is 0 Å². The lowest BCUT2D eigenvalue weighted by molar-refractivity contribution is -0.149. The summed E-state index contributed by atoms with van der Waals surface area (Å²) in [5.74, 6) is -0.511. The molecule has 0 spiro atoms. The molecular formula is C15H29NO4. The first-order valence-corrected chi connectivity index (χ1v) is 7.85. The molecule has 2 N–H and O–H groups in total. The van der Waals surface area contributed by atoms with Gasteiger partial charge >= 0.3 is 12.1 Å². The summed E-state index contributed by atoms with van der Waals surface area (Å²) in [5, 5.41) is 8.23. The van der Waals surface area contributed by atoms with Crippen molar-refractivity contribution in [1.82, 2.24) is 5.48 Å². The molecule has 0 aliphatic rings. The van der Waals surface area contributed by atoms with Gasteiger partial charge in [0.1, 0.15) is 0 Å². The molecule has 0 aliphatic heterocycles. The maximum atomic E-state index is 11.1.